The first-order chi connectivity index (χ1) is 12.9. The zero-order valence-electron chi connectivity index (χ0n) is 14.5. The van der Waals surface area contributed by atoms with Crippen LogP contribution in [0.3, 0.4) is 0 Å². The van der Waals surface area contributed by atoms with Gasteiger partial charge in [-0.3, -0.25) is 0 Å². The van der Waals surface area contributed by atoms with Crippen molar-refractivity contribution in [2.45, 2.75) is 24.4 Å². The number of halogens is 1. The Morgan fingerprint density at radius 1 is 1.26 bits per heavy atom. The lowest BCUT2D eigenvalue weighted by Crippen LogP contribution is -2.29. The molecule has 0 saturated heterocycles. The van der Waals surface area contributed by atoms with Crippen LogP contribution in [0.25, 0.3) is 0 Å². The predicted octanol–water partition coefficient (Wildman–Crippen LogP) is 4.02. The van der Waals surface area contributed by atoms with Gasteiger partial charge in [-0.2, -0.15) is 9.57 Å². The Hall–Kier alpha value is -2.34. The maximum atomic E-state index is 13.1. The molecule has 0 aliphatic carbocycles. The van der Waals surface area contributed by atoms with Crippen LogP contribution in [0, 0.1) is 11.3 Å². The normalized spacial score (nSPS) is 19.1. The van der Waals surface area contributed by atoms with Crippen LogP contribution in [0.2, 0.25) is 0 Å². The topological polar surface area (TPSA) is 90.6 Å². The highest BCUT2D eigenvalue weighted by atomic mass is 79.9. The van der Waals surface area contributed by atoms with Gasteiger partial charge in [0.05, 0.1) is 17.5 Å². The second kappa shape index (κ2) is 7.72. The van der Waals surface area contributed by atoms with Gasteiger partial charge in [0.15, 0.2) is 0 Å². The maximum Gasteiger partial charge on any atom is 0.293 e. The standard InChI is InChI=1S/C19H17BrN2O4S/c1-2-26-19(23)16(11-21)18-15-5-3-4-6-17(15)27(24,25)22(18)12-13-7-9-14(20)10-8-13/h3-10,18,23H,2,12H2,1H3/b19-16-. The van der Waals surface area contributed by atoms with Crippen LogP contribution < -0.4 is 0 Å². The highest BCUT2D eigenvalue weighted by Crippen LogP contribution is 2.44. The van der Waals surface area contributed by atoms with Crippen LogP contribution >= 0.6 is 15.9 Å². The highest BCUT2D eigenvalue weighted by molar-refractivity contribution is 9.10. The van der Waals surface area contributed by atoms with Crippen molar-refractivity contribution in [1.29, 1.82) is 5.26 Å². The zero-order valence-corrected chi connectivity index (χ0v) is 16.9. The fourth-order valence-corrected chi connectivity index (χ4v) is 5.11. The molecule has 0 radical (unpaired) electrons. The van der Waals surface area contributed by atoms with E-state index in [1.807, 2.05) is 18.2 Å². The van der Waals surface area contributed by atoms with Crippen LogP contribution in [0.1, 0.15) is 24.1 Å². The molecule has 0 bridgehead atoms. The molecule has 8 heteroatoms. The smallest absolute Gasteiger partial charge is 0.293 e. The van der Waals surface area contributed by atoms with Gasteiger partial charge < -0.3 is 9.84 Å². The average molecular weight is 449 g/mol. The van der Waals surface area contributed by atoms with Crippen LogP contribution in [0.15, 0.2) is 69.4 Å². The molecule has 27 heavy (non-hydrogen) atoms. The molecule has 0 spiro atoms. The fourth-order valence-electron chi connectivity index (χ4n) is 3.05. The summed E-state index contributed by atoms with van der Waals surface area (Å²) in [6.07, 6.45) is 0. The quantitative estimate of drug-likeness (QED) is 0.550. The van der Waals surface area contributed by atoms with Crippen molar-refractivity contribution in [1.82, 2.24) is 4.31 Å². The molecule has 1 atom stereocenters. The Morgan fingerprint density at radius 2 is 1.93 bits per heavy atom. The number of nitriles is 1. The largest absolute Gasteiger partial charge is 0.480 e. The molecular weight excluding hydrogens is 432 g/mol. The van der Waals surface area contributed by atoms with E-state index in [0.29, 0.717) is 5.56 Å². The average Bonchev–Trinajstić information content (AvgIpc) is 2.86. The number of aliphatic hydroxyl groups is 1. The molecule has 6 nitrogen and oxygen atoms in total. The van der Waals surface area contributed by atoms with Crippen molar-refractivity contribution in [2.75, 3.05) is 6.61 Å². The van der Waals surface area contributed by atoms with Crippen molar-refractivity contribution < 1.29 is 18.3 Å². The van der Waals surface area contributed by atoms with Gasteiger partial charge in [-0.05, 0) is 36.2 Å². The van der Waals surface area contributed by atoms with Crippen molar-refractivity contribution >= 4 is 26.0 Å². The number of sulfonamides is 1. The summed E-state index contributed by atoms with van der Waals surface area (Å²) in [5.74, 6) is -0.558. The minimum absolute atomic E-state index is 0.0551. The van der Waals surface area contributed by atoms with Crippen LogP contribution in [0.5, 0.6) is 0 Å². The molecule has 1 aliphatic rings. The van der Waals surface area contributed by atoms with Crippen molar-refractivity contribution in [3.8, 4) is 6.07 Å². The Kier molecular flexibility index (Phi) is 5.56. The molecule has 0 amide bonds. The van der Waals surface area contributed by atoms with E-state index in [9.17, 15) is 18.8 Å². The Balaban J connectivity index is 2.15. The molecule has 1 aliphatic heterocycles. The van der Waals surface area contributed by atoms with Gasteiger partial charge in [0.25, 0.3) is 5.95 Å². The minimum Gasteiger partial charge on any atom is -0.480 e. The molecule has 140 valence electrons. The van der Waals surface area contributed by atoms with E-state index >= 15 is 0 Å². The lowest BCUT2D eigenvalue weighted by atomic mass is 9.99. The van der Waals surface area contributed by atoms with E-state index in [4.69, 9.17) is 4.74 Å². The monoisotopic (exact) mass is 448 g/mol. The van der Waals surface area contributed by atoms with Gasteiger partial charge in [0.2, 0.25) is 10.0 Å². The van der Waals surface area contributed by atoms with Crippen molar-refractivity contribution in [2.24, 2.45) is 0 Å². The maximum absolute atomic E-state index is 13.1. The minimum atomic E-state index is -3.84. The number of fused-ring (bicyclic) bond motifs is 1. The molecule has 0 saturated carbocycles. The van der Waals surface area contributed by atoms with Gasteiger partial charge >= 0.3 is 0 Å². The van der Waals surface area contributed by atoms with Crippen LogP contribution in [0.4, 0.5) is 0 Å². The first kappa shape index (κ1) is 19.4. The summed E-state index contributed by atoms with van der Waals surface area (Å²) in [6, 6.07) is 14.7. The van der Waals surface area contributed by atoms with Gasteiger partial charge in [0, 0.05) is 11.0 Å². The highest BCUT2D eigenvalue weighted by Gasteiger charge is 2.45. The summed E-state index contributed by atoms with van der Waals surface area (Å²) in [4.78, 5) is 0.129. The lowest BCUT2D eigenvalue weighted by Gasteiger charge is -2.23. The fraction of sp³-hybridized carbons (Fsp3) is 0.211. The first-order valence-electron chi connectivity index (χ1n) is 8.21. The zero-order chi connectivity index (χ0) is 19.6. The first-order valence-corrected chi connectivity index (χ1v) is 10.4. The number of hydrogen-bond donors (Lipinski definition) is 1. The summed E-state index contributed by atoms with van der Waals surface area (Å²) in [7, 11) is -3.84. The Bertz CT molecular complexity index is 1030. The van der Waals surface area contributed by atoms with E-state index in [2.05, 4.69) is 15.9 Å². The Labute approximate surface area is 166 Å². The number of ether oxygens (including phenoxy) is 1. The second-order valence-electron chi connectivity index (χ2n) is 5.88. The number of aliphatic hydroxyl groups excluding tert-OH is 1. The molecule has 0 fully saturated rings. The number of hydrogen-bond acceptors (Lipinski definition) is 5. The third-order valence-corrected chi connectivity index (χ3v) is 6.66. The molecule has 1 N–H and O–H groups in total. The van der Waals surface area contributed by atoms with E-state index in [-0.39, 0.29) is 23.6 Å². The van der Waals surface area contributed by atoms with Gasteiger partial charge in [-0.1, -0.05) is 46.3 Å². The molecular formula is C19H17BrN2O4S. The lowest BCUT2D eigenvalue weighted by molar-refractivity contribution is 0.0952. The van der Waals surface area contributed by atoms with E-state index in [1.54, 1.807) is 37.3 Å². The molecule has 3 rings (SSSR count). The van der Waals surface area contributed by atoms with E-state index in [1.165, 1.54) is 10.4 Å². The van der Waals surface area contributed by atoms with Crippen molar-refractivity contribution in [3.05, 3.63) is 75.6 Å². The molecule has 2 aromatic carbocycles. The molecule has 1 unspecified atom stereocenters. The van der Waals surface area contributed by atoms with Crippen LogP contribution in [-0.4, -0.2) is 24.4 Å². The number of benzene rings is 2. The summed E-state index contributed by atoms with van der Waals surface area (Å²) in [5.41, 5.74) is 1.06. The predicted molar refractivity (Wildman–Crippen MR) is 103 cm³/mol. The van der Waals surface area contributed by atoms with Gasteiger partial charge in [0.1, 0.15) is 11.6 Å². The number of rotatable bonds is 5. The summed E-state index contributed by atoms with van der Waals surface area (Å²) < 4.78 is 33.4. The Morgan fingerprint density at radius 3 is 2.56 bits per heavy atom. The molecule has 1 heterocycles. The summed E-state index contributed by atoms with van der Waals surface area (Å²) in [5, 5.41) is 19.8. The van der Waals surface area contributed by atoms with Gasteiger partial charge in [-0.15, -0.1) is 0 Å². The van der Waals surface area contributed by atoms with Gasteiger partial charge in [-0.25, -0.2) is 8.42 Å². The SMILES string of the molecule is CCO/C(O)=C(/C#N)C1c2ccccc2S(=O)(=O)N1Cc1ccc(Br)cc1. The summed E-state index contributed by atoms with van der Waals surface area (Å²) in [6.45, 7) is 1.88. The number of nitrogens with zero attached hydrogens (tertiary/aromatic N) is 2. The van der Waals surface area contributed by atoms with E-state index < -0.39 is 22.0 Å². The van der Waals surface area contributed by atoms with Crippen molar-refractivity contribution in [3.63, 3.8) is 0 Å². The third-order valence-electron chi connectivity index (χ3n) is 4.25. The summed E-state index contributed by atoms with van der Waals surface area (Å²) >= 11 is 3.35. The second-order valence-corrected chi connectivity index (χ2v) is 8.66. The molecule has 2 aromatic rings. The third kappa shape index (κ3) is 3.58. The molecule has 0 aromatic heterocycles. The van der Waals surface area contributed by atoms with E-state index in [0.717, 1.165) is 10.0 Å². The van der Waals surface area contributed by atoms with Crippen LogP contribution in [-0.2, 0) is 21.3 Å².